The van der Waals surface area contributed by atoms with Gasteiger partial charge in [0.2, 0.25) is 5.91 Å². The summed E-state index contributed by atoms with van der Waals surface area (Å²) in [5, 5.41) is 11.6. The van der Waals surface area contributed by atoms with E-state index in [2.05, 4.69) is 11.4 Å². The number of hydrogen-bond acceptors (Lipinski definition) is 4. The second-order valence-corrected chi connectivity index (χ2v) is 5.85. The van der Waals surface area contributed by atoms with Gasteiger partial charge < -0.3 is 10.1 Å². The molecule has 0 aliphatic carbocycles. The average molecular weight is 290 g/mol. The number of anilines is 1. The number of carbonyl (C=O) groups excluding carboxylic acids is 1. The highest BCUT2D eigenvalue weighted by atomic mass is 32.2. The topological polar surface area (TPSA) is 62.1 Å². The van der Waals surface area contributed by atoms with E-state index in [9.17, 15) is 4.79 Å². The van der Waals surface area contributed by atoms with Crippen molar-refractivity contribution >= 4 is 23.4 Å². The van der Waals surface area contributed by atoms with Crippen molar-refractivity contribution in [2.24, 2.45) is 0 Å². The summed E-state index contributed by atoms with van der Waals surface area (Å²) in [6, 6.07) is 9.00. The van der Waals surface area contributed by atoms with Gasteiger partial charge >= 0.3 is 0 Å². The van der Waals surface area contributed by atoms with Crippen LogP contribution in [0.25, 0.3) is 0 Å². The molecule has 1 fully saturated rings. The van der Waals surface area contributed by atoms with Gasteiger partial charge in [-0.05, 0) is 31.0 Å². The Kier molecular flexibility index (Phi) is 5.90. The monoisotopic (exact) mass is 290 g/mol. The van der Waals surface area contributed by atoms with Gasteiger partial charge in [-0.15, -0.1) is 0 Å². The molecule has 1 aliphatic rings. The third-order valence-electron chi connectivity index (χ3n) is 3.08. The Morgan fingerprint density at radius 2 is 2.45 bits per heavy atom. The Morgan fingerprint density at radius 3 is 3.20 bits per heavy atom. The fourth-order valence-electron chi connectivity index (χ4n) is 2.05. The van der Waals surface area contributed by atoms with E-state index in [-0.39, 0.29) is 5.91 Å². The number of nitrogens with zero attached hydrogens (tertiary/aromatic N) is 1. The van der Waals surface area contributed by atoms with E-state index < -0.39 is 0 Å². The first-order valence-corrected chi connectivity index (χ1v) is 7.93. The van der Waals surface area contributed by atoms with Crippen LogP contribution in [-0.4, -0.2) is 30.1 Å². The van der Waals surface area contributed by atoms with Crippen molar-refractivity contribution in [3.63, 3.8) is 0 Å². The molecule has 1 aliphatic heterocycles. The van der Waals surface area contributed by atoms with Crippen molar-refractivity contribution < 1.29 is 9.53 Å². The van der Waals surface area contributed by atoms with Gasteiger partial charge in [-0.25, -0.2) is 0 Å². The molecule has 1 N–H and O–H groups in total. The summed E-state index contributed by atoms with van der Waals surface area (Å²) in [5.41, 5.74) is 1.23. The first-order valence-electron chi connectivity index (χ1n) is 6.77. The number of benzene rings is 1. The lowest BCUT2D eigenvalue weighted by Crippen LogP contribution is -2.13. The second kappa shape index (κ2) is 7.93. The number of rotatable bonds is 6. The Hall–Kier alpha value is -1.51. The quantitative estimate of drug-likeness (QED) is 0.818. The molecule has 1 saturated heterocycles. The molecule has 0 saturated carbocycles. The predicted octanol–water partition coefficient (Wildman–Crippen LogP) is 2.80. The SMILES string of the molecule is N#Cc1cccc(NC(=O)CCSCC2CCCO2)c1. The minimum Gasteiger partial charge on any atom is -0.377 e. The fraction of sp³-hybridized carbons (Fsp3) is 0.467. The van der Waals surface area contributed by atoms with Crippen molar-refractivity contribution in [2.75, 3.05) is 23.4 Å². The molecule has 106 valence electrons. The summed E-state index contributed by atoms with van der Waals surface area (Å²) >= 11 is 1.76. The van der Waals surface area contributed by atoms with Crippen LogP contribution in [0.5, 0.6) is 0 Å². The van der Waals surface area contributed by atoms with Crippen LogP contribution in [0, 0.1) is 11.3 Å². The molecular formula is C15H18N2O2S. The Balaban J connectivity index is 1.65. The molecule has 0 spiro atoms. The van der Waals surface area contributed by atoms with E-state index in [1.165, 1.54) is 0 Å². The lowest BCUT2D eigenvalue weighted by Gasteiger charge is -2.08. The van der Waals surface area contributed by atoms with Gasteiger partial charge in [-0.2, -0.15) is 17.0 Å². The largest absolute Gasteiger partial charge is 0.377 e. The van der Waals surface area contributed by atoms with Gasteiger partial charge in [0, 0.05) is 30.2 Å². The van der Waals surface area contributed by atoms with Crippen LogP contribution in [0.1, 0.15) is 24.8 Å². The maximum absolute atomic E-state index is 11.8. The summed E-state index contributed by atoms with van der Waals surface area (Å²) in [5.74, 6) is 1.75. The van der Waals surface area contributed by atoms with Crippen LogP contribution in [-0.2, 0) is 9.53 Å². The number of thioether (sulfide) groups is 1. The molecule has 20 heavy (non-hydrogen) atoms. The predicted molar refractivity (Wildman–Crippen MR) is 80.7 cm³/mol. The maximum atomic E-state index is 11.8. The van der Waals surface area contributed by atoms with Crippen LogP contribution >= 0.6 is 11.8 Å². The van der Waals surface area contributed by atoms with Gasteiger partial charge in [-0.1, -0.05) is 6.07 Å². The lowest BCUT2D eigenvalue weighted by molar-refractivity contribution is -0.115. The zero-order valence-electron chi connectivity index (χ0n) is 11.3. The first-order chi connectivity index (χ1) is 9.78. The van der Waals surface area contributed by atoms with E-state index in [1.807, 2.05) is 0 Å². The molecule has 1 aromatic rings. The Bertz CT molecular complexity index is 493. The standard InChI is InChI=1S/C15H18N2O2S/c16-10-12-3-1-4-13(9-12)17-15(18)6-8-20-11-14-5-2-7-19-14/h1,3-4,9,14H,2,5-8,11H2,(H,17,18). The van der Waals surface area contributed by atoms with Crippen molar-refractivity contribution in [3.05, 3.63) is 29.8 Å². The summed E-state index contributed by atoms with van der Waals surface area (Å²) in [6.07, 6.45) is 3.14. The number of nitriles is 1. The van der Waals surface area contributed by atoms with E-state index in [4.69, 9.17) is 10.00 Å². The van der Waals surface area contributed by atoms with Crippen LogP contribution in [0.4, 0.5) is 5.69 Å². The Labute approximate surface area is 123 Å². The van der Waals surface area contributed by atoms with Gasteiger partial charge in [-0.3, -0.25) is 4.79 Å². The summed E-state index contributed by atoms with van der Waals surface area (Å²) in [6.45, 7) is 0.876. The number of hydrogen-bond donors (Lipinski definition) is 1. The molecule has 5 heteroatoms. The smallest absolute Gasteiger partial charge is 0.225 e. The van der Waals surface area contributed by atoms with Crippen LogP contribution in [0.3, 0.4) is 0 Å². The van der Waals surface area contributed by atoms with E-state index in [1.54, 1.807) is 36.0 Å². The molecule has 1 aromatic carbocycles. The minimum atomic E-state index is -0.0140. The molecule has 2 rings (SSSR count). The second-order valence-electron chi connectivity index (χ2n) is 4.70. The van der Waals surface area contributed by atoms with Crippen molar-refractivity contribution in [1.82, 2.24) is 0 Å². The molecule has 0 bridgehead atoms. The van der Waals surface area contributed by atoms with Crippen LogP contribution in [0.15, 0.2) is 24.3 Å². The number of ether oxygens (including phenoxy) is 1. The molecule has 1 amide bonds. The molecule has 0 radical (unpaired) electrons. The molecule has 1 atom stereocenters. The fourth-order valence-corrected chi connectivity index (χ4v) is 3.07. The van der Waals surface area contributed by atoms with E-state index in [0.29, 0.717) is 23.8 Å². The lowest BCUT2D eigenvalue weighted by atomic mass is 10.2. The summed E-state index contributed by atoms with van der Waals surface area (Å²) in [7, 11) is 0. The van der Waals surface area contributed by atoms with Crippen LogP contribution in [0.2, 0.25) is 0 Å². The highest BCUT2D eigenvalue weighted by molar-refractivity contribution is 7.99. The molecular weight excluding hydrogens is 272 g/mol. The van der Waals surface area contributed by atoms with Crippen LogP contribution < -0.4 is 5.32 Å². The number of amides is 1. The average Bonchev–Trinajstić information content (AvgIpc) is 2.97. The third kappa shape index (κ3) is 4.87. The van der Waals surface area contributed by atoms with Gasteiger partial charge in [0.05, 0.1) is 17.7 Å². The molecule has 1 heterocycles. The summed E-state index contributed by atoms with van der Waals surface area (Å²) in [4.78, 5) is 11.8. The molecule has 1 unspecified atom stereocenters. The number of carbonyl (C=O) groups is 1. The minimum absolute atomic E-state index is 0.0140. The van der Waals surface area contributed by atoms with E-state index in [0.717, 1.165) is 31.0 Å². The normalized spacial score (nSPS) is 17.6. The van der Waals surface area contributed by atoms with E-state index >= 15 is 0 Å². The van der Waals surface area contributed by atoms with Gasteiger partial charge in [0.25, 0.3) is 0 Å². The zero-order chi connectivity index (χ0) is 14.2. The first kappa shape index (κ1) is 14.9. The highest BCUT2D eigenvalue weighted by Gasteiger charge is 2.15. The van der Waals surface area contributed by atoms with Crippen molar-refractivity contribution in [1.29, 1.82) is 5.26 Å². The maximum Gasteiger partial charge on any atom is 0.225 e. The van der Waals surface area contributed by atoms with Crippen molar-refractivity contribution in [2.45, 2.75) is 25.4 Å². The molecule has 0 aromatic heterocycles. The summed E-state index contributed by atoms with van der Waals surface area (Å²) < 4.78 is 5.53. The van der Waals surface area contributed by atoms with Crippen molar-refractivity contribution in [3.8, 4) is 6.07 Å². The molecule has 4 nitrogen and oxygen atoms in total. The highest BCUT2D eigenvalue weighted by Crippen LogP contribution is 2.17. The number of nitrogens with one attached hydrogen (secondary N) is 1. The van der Waals surface area contributed by atoms with Gasteiger partial charge in [0.1, 0.15) is 0 Å². The Morgan fingerprint density at radius 1 is 1.55 bits per heavy atom. The third-order valence-corrected chi connectivity index (χ3v) is 4.18. The zero-order valence-corrected chi connectivity index (χ0v) is 12.1. The van der Waals surface area contributed by atoms with Gasteiger partial charge in [0.15, 0.2) is 0 Å².